The number of carbonyl (C=O) groups excluding carboxylic acids is 1. The molecule has 1 saturated heterocycles. The van der Waals surface area contributed by atoms with E-state index in [1.807, 2.05) is 29.8 Å². The maximum Gasteiger partial charge on any atom is 0.220 e. The van der Waals surface area contributed by atoms with Gasteiger partial charge in [0.2, 0.25) is 5.91 Å². The maximum atomic E-state index is 11.9. The Balaban J connectivity index is 1.48. The first kappa shape index (κ1) is 16.0. The van der Waals surface area contributed by atoms with E-state index in [0.29, 0.717) is 13.0 Å². The molecule has 3 rings (SSSR count). The summed E-state index contributed by atoms with van der Waals surface area (Å²) in [5.74, 6) is 1.06. The molecule has 122 valence electrons. The van der Waals surface area contributed by atoms with Crippen molar-refractivity contribution in [1.82, 2.24) is 10.3 Å². The second kappa shape index (κ2) is 8.08. The summed E-state index contributed by atoms with van der Waals surface area (Å²) >= 11 is 1.66. The number of thiophene rings is 1. The average molecular weight is 331 g/mol. The highest BCUT2D eigenvalue weighted by Crippen LogP contribution is 2.15. The Bertz CT molecular complexity index is 625. The Morgan fingerprint density at radius 3 is 3.00 bits per heavy atom. The van der Waals surface area contributed by atoms with E-state index in [1.54, 1.807) is 11.3 Å². The molecule has 6 heteroatoms. The number of carbonyl (C=O) groups is 1. The number of rotatable bonds is 6. The van der Waals surface area contributed by atoms with Gasteiger partial charge in [-0.05, 0) is 35.6 Å². The molecule has 0 spiro atoms. The summed E-state index contributed by atoms with van der Waals surface area (Å²) in [6.07, 6.45) is 3.05. The van der Waals surface area contributed by atoms with Gasteiger partial charge in [-0.1, -0.05) is 6.07 Å². The fourth-order valence-corrected chi connectivity index (χ4v) is 3.17. The lowest BCUT2D eigenvalue weighted by Crippen LogP contribution is -2.36. The molecular weight excluding hydrogens is 310 g/mol. The van der Waals surface area contributed by atoms with E-state index >= 15 is 0 Å². The maximum absolute atomic E-state index is 11.9. The van der Waals surface area contributed by atoms with Crippen LogP contribution in [0.3, 0.4) is 0 Å². The predicted molar refractivity (Wildman–Crippen MR) is 91.8 cm³/mol. The molecule has 1 aliphatic rings. The van der Waals surface area contributed by atoms with Crippen molar-refractivity contribution in [3.63, 3.8) is 0 Å². The molecule has 2 aromatic heterocycles. The molecule has 0 radical (unpaired) electrons. The van der Waals surface area contributed by atoms with Crippen LogP contribution in [0, 0.1) is 0 Å². The van der Waals surface area contributed by atoms with E-state index < -0.39 is 0 Å². The summed E-state index contributed by atoms with van der Waals surface area (Å²) in [5, 5.41) is 4.98. The van der Waals surface area contributed by atoms with Crippen LogP contribution in [0.2, 0.25) is 0 Å². The number of nitrogens with zero attached hydrogens (tertiary/aromatic N) is 2. The first-order valence-electron chi connectivity index (χ1n) is 7.88. The largest absolute Gasteiger partial charge is 0.378 e. The van der Waals surface area contributed by atoms with E-state index in [-0.39, 0.29) is 5.91 Å². The first-order chi connectivity index (χ1) is 11.3. The van der Waals surface area contributed by atoms with E-state index in [0.717, 1.165) is 44.1 Å². The number of aromatic nitrogens is 1. The van der Waals surface area contributed by atoms with Gasteiger partial charge in [-0.15, -0.1) is 11.3 Å². The zero-order valence-corrected chi connectivity index (χ0v) is 13.8. The molecule has 5 nitrogen and oxygen atoms in total. The van der Waals surface area contributed by atoms with Crippen molar-refractivity contribution in [2.75, 3.05) is 31.2 Å². The minimum atomic E-state index is 0.0862. The van der Waals surface area contributed by atoms with Gasteiger partial charge in [0, 0.05) is 30.6 Å². The second-order valence-electron chi connectivity index (χ2n) is 5.48. The number of hydrogen-bond acceptors (Lipinski definition) is 5. The Hall–Kier alpha value is -1.92. The van der Waals surface area contributed by atoms with Crippen molar-refractivity contribution >= 4 is 23.1 Å². The lowest BCUT2D eigenvalue weighted by Gasteiger charge is -2.28. The van der Waals surface area contributed by atoms with Gasteiger partial charge in [0.05, 0.1) is 19.8 Å². The van der Waals surface area contributed by atoms with Gasteiger partial charge in [-0.2, -0.15) is 0 Å². The number of anilines is 1. The van der Waals surface area contributed by atoms with Crippen molar-refractivity contribution in [3.8, 4) is 0 Å². The molecular formula is C17H21N3O2S. The van der Waals surface area contributed by atoms with Gasteiger partial charge < -0.3 is 15.0 Å². The van der Waals surface area contributed by atoms with E-state index in [1.165, 1.54) is 4.88 Å². The molecule has 2 aromatic rings. The van der Waals surface area contributed by atoms with Gasteiger partial charge in [0.15, 0.2) is 0 Å². The van der Waals surface area contributed by atoms with E-state index in [4.69, 9.17) is 4.74 Å². The van der Waals surface area contributed by atoms with Crippen LogP contribution in [-0.2, 0) is 22.5 Å². The monoisotopic (exact) mass is 331 g/mol. The Morgan fingerprint density at radius 1 is 1.35 bits per heavy atom. The molecule has 0 atom stereocenters. The number of ether oxygens (including phenoxy) is 1. The molecule has 0 aliphatic carbocycles. The highest BCUT2D eigenvalue weighted by Gasteiger charge is 2.12. The van der Waals surface area contributed by atoms with Crippen LogP contribution in [0.4, 0.5) is 5.82 Å². The SMILES string of the molecule is O=C(CCc1ccnc(N2CCOCC2)c1)NCc1cccs1. The van der Waals surface area contributed by atoms with E-state index in [9.17, 15) is 4.79 Å². The summed E-state index contributed by atoms with van der Waals surface area (Å²) < 4.78 is 5.37. The Kier molecular flexibility index (Phi) is 5.60. The van der Waals surface area contributed by atoms with Gasteiger partial charge in [-0.3, -0.25) is 4.79 Å². The first-order valence-corrected chi connectivity index (χ1v) is 8.76. The number of morpholine rings is 1. The standard InChI is InChI=1S/C17H21N3O2S/c21-17(19-13-15-2-1-11-23-15)4-3-14-5-6-18-16(12-14)20-7-9-22-10-8-20/h1-2,5-6,11-12H,3-4,7-10,13H2,(H,19,21). The Labute approximate surface area is 140 Å². The highest BCUT2D eigenvalue weighted by atomic mass is 32.1. The van der Waals surface area contributed by atoms with Crippen LogP contribution in [0.1, 0.15) is 16.9 Å². The predicted octanol–water partition coefficient (Wildman–Crippen LogP) is 2.23. The summed E-state index contributed by atoms with van der Waals surface area (Å²) in [6.45, 7) is 3.86. The third-order valence-electron chi connectivity index (χ3n) is 3.83. The van der Waals surface area contributed by atoms with Crippen LogP contribution >= 0.6 is 11.3 Å². The molecule has 0 aromatic carbocycles. The lowest BCUT2D eigenvalue weighted by atomic mass is 10.1. The summed E-state index contributed by atoms with van der Waals surface area (Å²) in [5.41, 5.74) is 1.15. The summed E-state index contributed by atoms with van der Waals surface area (Å²) in [7, 11) is 0. The lowest BCUT2D eigenvalue weighted by molar-refractivity contribution is -0.121. The van der Waals surface area contributed by atoms with Crippen LogP contribution in [-0.4, -0.2) is 37.2 Å². The molecule has 1 N–H and O–H groups in total. The van der Waals surface area contributed by atoms with Gasteiger partial charge in [0.25, 0.3) is 0 Å². The van der Waals surface area contributed by atoms with E-state index in [2.05, 4.69) is 21.3 Å². The zero-order chi connectivity index (χ0) is 15.9. The number of amides is 1. The van der Waals surface area contributed by atoms with Crippen LogP contribution < -0.4 is 10.2 Å². The molecule has 1 fully saturated rings. The average Bonchev–Trinajstić information content (AvgIpc) is 3.13. The number of aryl methyl sites for hydroxylation is 1. The summed E-state index contributed by atoms with van der Waals surface area (Å²) in [4.78, 5) is 19.8. The van der Waals surface area contributed by atoms with Crippen molar-refractivity contribution < 1.29 is 9.53 Å². The smallest absolute Gasteiger partial charge is 0.220 e. The van der Waals surface area contributed by atoms with Crippen LogP contribution in [0.15, 0.2) is 35.8 Å². The number of pyridine rings is 1. The molecule has 0 saturated carbocycles. The van der Waals surface area contributed by atoms with Crippen LogP contribution in [0.25, 0.3) is 0 Å². The topological polar surface area (TPSA) is 54.5 Å². The zero-order valence-electron chi connectivity index (χ0n) is 13.0. The number of nitrogens with one attached hydrogen (secondary N) is 1. The normalized spacial score (nSPS) is 14.7. The molecule has 0 unspecified atom stereocenters. The fraction of sp³-hybridized carbons (Fsp3) is 0.412. The fourth-order valence-electron chi connectivity index (χ4n) is 2.53. The molecule has 1 amide bonds. The highest BCUT2D eigenvalue weighted by molar-refractivity contribution is 7.09. The van der Waals surface area contributed by atoms with Gasteiger partial charge >= 0.3 is 0 Å². The Morgan fingerprint density at radius 2 is 2.22 bits per heavy atom. The van der Waals surface area contributed by atoms with Crippen molar-refractivity contribution in [2.24, 2.45) is 0 Å². The van der Waals surface area contributed by atoms with Crippen molar-refractivity contribution in [3.05, 3.63) is 46.3 Å². The quantitative estimate of drug-likeness (QED) is 0.882. The number of hydrogen-bond donors (Lipinski definition) is 1. The molecule has 23 heavy (non-hydrogen) atoms. The third-order valence-corrected chi connectivity index (χ3v) is 4.70. The molecule has 3 heterocycles. The van der Waals surface area contributed by atoms with Gasteiger partial charge in [0.1, 0.15) is 5.82 Å². The van der Waals surface area contributed by atoms with Gasteiger partial charge in [-0.25, -0.2) is 4.98 Å². The van der Waals surface area contributed by atoms with Crippen molar-refractivity contribution in [1.29, 1.82) is 0 Å². The minimum absolute atomic E-state index is 0.0862. The summed E-state index contributed by atoms with van der Waals surface area (Å²) in [6, 6.07) is 8.09. The van der Waals surface area contributed by atoms with Crippen molar-refractivity contribution in [2.45, 2.75) is 19.4 Å². The second-order valence-corrected chi connectivity index (χ2v) is 6.51. The molecule has 1 aliphatic heterocycles. The van der Waals surface area contributed by atoms with Crippen LogP contribution in [0.5, 0.6) is 0 Å². The minimum Gasteiger partial charge on any atom is -0.378 e. The molecule has 0 bridgehead atoms. The third kappa shape index (κ3) is 4.77.